The fourth-order valence-electron chi connectivity index (χ4n) is 7.88. The van der Waals surface area contributed by atoms with Crippen LogP contribution in [0.1, 0.15) is 71.1 Å². The minimum atomic E-state index is 0.189. The topological polar surface area (TPSA) is 37.3 Å². The van der Waals surface area contributed by atoms with Crippen LogP contribution in [0.3, 0.4) is 0 Å². The van der Waals surface area contributed by atoms with Crippen molar-refractivity contribution in [2.24, 2.45) is 46.8 Å². The molecule has 4 aliphatic carbocycles. The van der Waals surface area contributed by atoms with Crippen molar-refractivity contribution in [2.75, 3.05) is 11.9 Å². The van der Waals surface area contributed by atoms with Crippen molar-refractivity contribution in [2.45, 2.75) is 71.1 Å². The van der Waals surface area contributed by atoms with E-state index in [1.54, 1.807) is 0 Å². The third kappa shape index (κ3) is 3.55. The highest BCUT2D eigenvalue weighted by atomic mass is 79.9. The Labute approximate surface area is 173 Å². The molecular weight excluding hydrogens is 400 g/mol. The summed E-state index contributed by atoms with van der Waals surface area (Å²) >= 11 is 3.43. The Morgan fingerprint density at radius 3 is 2.67 bits per heavy atom. The molecule has 1 N–H and O–H groups in total. The molecule has 4 fully saturated rings. The molecule has 3 heteroatoms. The normalized spacial score (nSPS) is 45.8. The van der Waals surface area contributed by atoms with Crippen molar-refractivity contribution in [3.05, 3.63) is 0 Å². The summed E-state index contributed by atoms with van der Waals surface area (Å²) in [6.07, 6.45) is 12.3. The van der Waals surface area contributed by atoms with Gasteiger partial charge in [0.2, 0.25) is 0 Å². The van der Waals surface area contributed by atoms with Crippen LogP contribution in [0.25, 0.3) is 0 Å². The largest absolute Gasteiger partial charge is 0.395 e. The van der Waals surface area contributed by atoms with Gasteiger partial charge in [-0.05, 0) is 92.8 Å². The molecule has 0 saturated heterocycles. The minimum Gasteiger partial charge on any atom is -0.395 e. The molecule has 8 unspecified atom stereocenters. The predicted molar refractivity (Wildman–Crippen MR) is 112 cm³/mol. The molecule has 0 aromatic carbocycles. The van der Waals surface area contributed by atoms with Crippen molar-refractivity contribution < 1.29 is 9.90 Å². The van der Waals surface area contributed by atoms with E-state index < -0.39 is 0 Å². The number of aliphatic hydroxyl groups excluding tert-OH is 1. The van der Waals surface area contributed by atoms with Gasteiger partial charge < -0.3 is 5.11 Å². The first-order chi connectivity index (χ1) is 13.1. The first-order valence-corrected chi connectivity index (χ1v) is 12.4. The lowest BCUT2D eigenvalue weighted by Gasteiger charge is -2.56. The average Bonchev–Trinajstić information content (AvgIpc) is 3.04. The van der Waals surface area contributed by atoms with E-state index in [2.05, 4.69) is 34.7 Å². The van der Waals surface area contributed by atoms with Gasteiger partial charge in [-0.3, -0.25) is 4.79 Å². The van der Waals surface area contributed by atoms with E-state index in [0.29, 0.717) is 29.4 Å². The number of aliphatic hydroxyl groups is 1. The monoisotopic (exact) mass is 434 g/mol. The van der Waals surface area contributed by atoms with E-state index in [9.17, 15) is 4.79 Å². The third-order valence-corrected chi connectivity index (χ3v) is 9.57. The maximum absolute atomic E-state index is 12.5. The highest BCUT2D eigenvalue weighted by Gasteiger charge is 2.58. The van der Waals surface area contributed by atoms with Gasteiger partial charge in [0.15, 0.2) is 0 Å². The van der Waals surface area contributed by atoms with Crippen molar-refractivity contribution in [1.82, 2.24) is 0 Å². The quantitative estimate of drug-likeness (QED) is 0.488. The zero-order valence-corrected chi connectivity index (χ0v) is 18.3. The summed E-state index contributed by atoms with van der Waals surface area (Å²) in [7, 11) is 0. The van der Waals surface area contributed by atoms with Gasteiger partial charge in [-0.15, -0.1) is 5.92 Å². The van der Waals surface area contributed by atoms with E-state index in [1.807, 2.05) is 0 Å². The second-order valence-electron chi connectivity index (χ2n) is 10.0. The average molecular weight is 435 g/mol. The molecule has 0 aromatic rings. The van der Waals surface area contributed by atoms with Crippen LogP contribution in [-0.4, -0.2) is 22.8 Å². The lowest BCUT2D eigenvalue weighted by Crippen LogP contribution is -2.49. The molecule has 2 nitrogen and oxygen atoms in total. The number of ketones is 1. The number of fused-ring (bicyclic) bond motifs is 5. The SMILES string of the molecule is CC12CCC3C4CCC(C#CCCO)CC4CCC3C1CCC2C(=O)CBr. The molecule has 0 aromatic heterocycles. The van der Waals surface area contributed by atoms with E-state index in [-0.39, 0.29) is 12.0 Å². The zero-order valence-electron chi connectivity index (χ0n) is 16.8. The highest BCUT2D eigenvalue weighted by molar-refractivity contribution is 9.09. The second-order valence-corrected chi connectivity index (χ2v) is 10.6. The summed E-state index contributed by atoms with van der Waals surface area (Å²) in [6.45, 7) is 2.64. The number of rotatable bonds is 3. The maximum atomic E-state index is 12.5. The number of halogens is 1. The van der Waals surface area contributed by atoms with E-state index in [1.165, 1.54) is 51.4 Å². The molecular formula is C24H35BrO2. The van der Waals surface area contributed by atoms with Gasteiger partial charge in [0.05, 0.1) is 11.9 Å². The Kier molecular flexibility index (Phi) is 6.06. The number of carbonyl (C=O) groups is 1. The first kappa shape index (κ1) is 20.0. The highest BCUT2D eigenvalue weighted by Crippen LogP contribution is 2.64. The van der Waals surface area contributed by atoms with Crippen LogP contribution in [0.4, 0.5) is 0 Å². The zero-order chi connectivity index (χ0) is 19.0. The van der Waals surface area contributed by atoms with Crippen LogP contribution < -0.4 is 0 Å². The van der Waals surface area contributed by atoms with Crippen LogP contribution in [0.5, 0.6) is 0 Å². The molecule has 4 saturated carbocycles. The molecule has 8 atom stereocenters. The Balaban J connectivity index is 1.45. The Morgan fingerprint density at radius 1 is 1.07 bits per heavy atom. The molecule has 150 valence electrons. The number of hydrogen-bond donors (Lipinski definition) is 1. The Morgan fingerprint density at radius 2 is 1.89 bits per heavy atom. The Hall–Kier alpha value is -0.330. The minimum absolute atomic E-state index is 0.189. The molecule has 0 aliphatic heterocycles. The number of carbonyl (C=O) groups excluding carboxylic acids is 1. The summed E-state index contributed by atoms with van der Waals surface area (Å²) < 4.78 is 0. The van der Waals surface area contributed by atoms with Gasteiger partial charge in [0, 0.05) is 18.3 Å². The molecule has 27 heavy (non-hydrogen) atoms. The fourth-order valence-corrected chi connectivity index (χ4v) is 8.27. The lowest BCUT2D eigenvalue weighted by molar-refractivity contribution is -0.127. The van der Waals surface area contributed by atoms with Gasteiger partial charge in [-0.25, -0.2) is 0 Å². The Bertz CT molecular complexity index is 620. The molecule has 4 rings (SSSR count). The van der Waals surface area contributed by atoms with Crippen molar-refractivity contribution in [3.63, 3.8) is 0 Å². The van der Waals surface area contributed by atoms with Crippen molar-refractivity contribution in [1.29, 1.82) is 0 Å². The van der Waals surface area contributed by atoms with Crippen molar-refractivity contribution >= 4 is 21.7 Å². The lowest BCUT2D eigenvalue weighted by atomic mass is 9.49. The van der Waals surface area contributed by atoms with Gasteiger partial charge >= 0.3 is 0 Å². The standard InChI is InChI=1S/C24H35BrO2/c1-24-12-11-19-18-7-5-16(4-2-3-13-26)14-17(18)6-8-20(19)21(24)9-10-22(24)23(27)15-25/h16-22,26H,3,5-15H2,1H3. The number of Topliss-reactive ketones (excluding diaryl/α,β-unsaturated/α-hetero) is 1. The molecule has 0 amide bonds. The number of alkyl halides is 1. The summed E-state index contributed by atoms with van der Waals surface area (Å²) in [6, 6.07) is 0. The second kappa shape index (κ2) is 8.19. The van der Waals surface area contributed by atoms with Crippen LogP contribution in [0, 0.1) is 58.7 Å². The van der Waals surface area contributed by atoms with E-state index in [4.69, 9.17) is 5.11 Å². The molecule has 4 aliphatic rings. The molecule has 0 heterocycles. The molecule has 0 bridgehead atoms. The third-order valence-electron chi connectivity index (χ3n) is 9.02. The maximum Gasteiger partial charge on any atom is 0.147 e. The predicted octanol–water partition coefficient (Wildman–Crippen LogP) is 5.22. The van der Waals surface area contributed by atoms with Crippen LogP contribution in [0.15, 0.2) is 0 Å². The molecule has 0 spiro atoms. The van der Waals surface area contributed by atoms with Crippen LogP contribution in [0.2, 0.25) is 0 Å². The van der Waals surface area contributed by atoms with Crippen molar-refractivity contribution in [3.8, 4) is 11.8 Å². The summed E-state index contributed by atoms with van der Waals surface area (Å²) in [5.74, 6) is 12.3. The molecule has 0 radical (unpaired) electrons. The summed E-state index contributed by atoms with van der Waals surface area (Å²) in [5.41, 5.74) is 0.270. The first-order valence-electron chi connectivity index (χ1n) is 11.3. The summed E-state index contributed by atoms with van der Waals surface area (Å²) in [5, 5.41) is 9.49. The van der Waals surface area contributed by atoms with E-state index in [0.717, 1.165) is 36.0 Å². The van der Waals surface area contributed by atoms with Crippen LogP contribution >= 0.6 is 15.9 Å². The van der Waals surface area contributed by atoms with Crippen LogP contribution in [-0.2, 0) is 4.79 Å². The van der Waals surface area contributed by atoms with Gasteiger partial charge in [-0.1, -0.05) is 28.8 Å². The van der Waals surface area contributed by atoms with Gasteiger partial charge in [-0.2, -0.15) is 0 Å². The van der Waals surface area contributed by atoms with E-state index >= 15 is 0 Å². The smallest absolute Gasteiger partial charge is 0.147 e. The van der Waals surface area contributed by atoms with Gasteiger partial charge in [0.25, 0.3) is 0 Å². The van der Waals surface area contributed by atoms with Gasteiger partial charge in [0.1, 0.15) is 5.78 Å². The summed E-state index contributed by atoms with van der Waals surface area (Å²) in [4.78, 5) is 12.5. The number of hydrogen-bond acceptors (Lipinski definition) is 2. The fraction of sp³-hybridized carbons (Fsp3) is 0.875.